The lowest BCUT2D eigenvalue weighted by Gasteiger charge is -2.13. The first-order valence-corrected chi connectivity index (χ1v) is 7.52. The smallest absolute Gasteiger partial charge is 0.419 e. The number of pyridine rings is 1. The Bertz CT molecular complexity index is 1090. The molecule has 2 heterocycles. The van der Waals surface area contributed by atoms with Gasteiger partial charge >= 0.3 is 12.1 Å². The van der Waals surface area contributed by atoms with E-state index in [0.29, 0.717) is 12.1 Å². The molecule has 0 saturated heterocycles. The van der Waals surface area contributed by atoms with E-state index in [1.807, 2.05) is 5.32 Å². The summed E-state index contributed by atoms with van der Waals surface area (Å²) < 4.78 is 53.4. The van der Waals surface area contributed by atoms with Crippen LogP contribution in [0.25, 0.3) is 16.9 Å². The van der Waals surface area contributed by atoms with Gasteiger partial charge in [-0.1, -0.05) is 0 Å². The molecule has 28 heavy (non-hydrogen) atoms. The van der Waals surface area contributed by atoms with Crippen molar-refractivity contribution in [3.63, 3.8) is 0 Å². The van der Waals surface area contributed by atoms with Gasteiger partial charge in [-0.3, -0.25) is 9.59 Å². The van der Waals surface area contributed by atoms with E-state index in [1.165, 1.54) is 0 Å². The van der Waals surface area contributed by atoms with Gasteiger partial charge in [0.1, 0.15) is 30.0 Å². The zero-order valence-electron chi connectivity index (χ0n) is 13.7. The zero-order valence-corrected chi connectivity index (χ0v) is 13.7. The van der Waals surface area contributed by atoms with Crippen LogP contribution in [0.3, 0.4) is 0 Å². The number of aromatic nitrogens is 3. The molecule has 12 heteroatoms. The van der Waals surface area contributed by atoms with Gasteiger partial charge in [0.25, 0.3) is 5.91 Å². The quantitative estimate of drug-likeness (QED) is 0.580. The molecule has 1 aromatic carbocycles. The molecule has 146 valence electrons. The van der Waals surface area contributed by atoms with Crippen LogP contribution in [0, 0.1) is 5.82 Å². The number of benzene rings is 1. The molecule has 0 radical (unpaired) electrons. The third-order valence-electron chi connectivity index (χ3n) is 3.72. The van der Waals surface area contributed by atoms with E-state index in [2.05, 4.69) is 10.1 Å². The third kappa shape index (κ3) is 3.43. The molecule has 0 bridgehead atoms. The number of amides is 1. The summed E-state index contributed by atoms with van der Waals surface area (Å²) in [6.07, 6.45) is -3.96. The van der Waals surface area contributed by atoms with E-state index >= 15 is 0 Å². The number of hydrogen-bond donors (Lipinski definition) is 3. The van der Waals surface area contributed by atoms with Crippen molar-refractivity contribution in [2.75, 3.05) is 6.54 Å². The highest BCUT2D eigenvalue weighted by atomic mass is 19.4. The first kappa shape index (κ1) is 19.1. The van der Waals surface area contributed by atoms with Crippen LogP contribution < -0.4 is 5.32 Å². The molecule has 0 atom stereocenters. The molecule has 3 aromatic rings. The van der Waals surface area contributed by atoms with E-state index in [4.69, 9.17) is 5.11 Å². The number of aromatic hydroxyl groups is 1. The molecule has 0 fully saturated rings. The van der Waals surface area contributed by atoms with Gasteiger partial charge in [-0.05, 0) is 18.2 Å². The molecule has 2 aromatic heterocycles. The number of hydrogen-bond acceptors (Lipinski definition) is 5. The molecule has 0 aliphatic heterocycles. The van der Waals surface area contributed by atoms with Crippen LogP contribution in [0.4, 0.5) is 17.6 Å². The Balaban J connectivity index is 2.16. The fourth-order valence-electron chi connectivity index (χ4n) is 2.54. The SMILES string of the molecule is O=C(O)CNC(=O)c1c(O)cc(-c2ccc(F)c(C(F)(F)F)c2)n2ncnc12. The maximum atomic E-state index is 13.5. The minimum Gasteiger partial charge on any atom is -0.507 e. The summed E-state index contributed by atoms with van der Waals surface area (Å²) in [5, 5.41) is 24.7. The predicted octanol–water partition coefficient (Wildman–Crippen LogP) is 2.07. The second kappa shape index (κ2) is 6.79. The van der Waals surface area contributed by atoms with Gasteiger partial charge in [-0.25, -0.2) is 13.9 Å². The number of fused-ring (bicyclic) bond motifs is 1. The van der Waals surface area contributed by atoms with E-state index in [9.17, 15) is 32.3 Å². The Kier molecular flexibility index (Phi) is 4.63. The Labute approximate surface area is 153 Å². The van der Waals surface area contributed by atoms with Crippen LogP contribution in [-0.4, -0.2) is 43.2 Å². The van der Waals surface area contributed by atoms with Crippen LogP contribution in [0.5, 0.6) is 5.75 Å². The fourth-order valence-corrected chi connectivity index (χ4v) is 2.54. The summed E-state index contributed by atoms with van der Waals surface area (Å²) in [6, 6.07) is 3.15. The Hall–Kier alpha value is -3.70. The van der Waals surface area contributed by atoms with Gasteiger partial charge in [-0.15, -0.1) is 0 Å². The summed E-state index contributed by atoms with van der Waals surface area (Å²) in [7, 11) is 0. The normalized spacial score (nSPS) is 11.6. The highest BCUT2D eigenvalue weighted by molar-refractivity contribution is 6.04. The first-order valence-electron chi connectivity index (χ1n) is 7.52. The number of carbonyl (C=O) groups is 2. The summed E-state index contributed by atoms with van der Waals surface area (Å²) in [5.74, 6) is -4.44. The third-order valence-corrected chi connectivity index (χ3v) is 3.72. The van der Waals surface area contributed by atoms with Gasteiger partial charge in [0.2, 0.25) is 0 Å². The largest absolute Gasteiger partial charge is 0.507 e. The molecule has 1 amide bonds. The summed E-state index contributed by atoms with van der Waals surface area (Å²) in [6.45, 7) is -0.729. The van der Waals surface area contributed by atoms with E-state index in [1.54, 1.807) is 0 Å². The molecular weight excluding hydrogens is 388 g/mol. The van der Waals surface area contributed by atoms with Crippen molar-refractivity contribution < 1.29 is 37.4 Å². The Morgan fingerprint density at radius 2 is 1.93 bits per heavy atom. The molecule has 0 saturated carbocycles. The number of nitrogens with zero attached hydrogens (tertiary/aromatic N) is 3. The number of nitrogens with one attached hydrogen (secondary N) is 1. The molecule has 3 N–H and O–H groups in total. The molecule has 0 unspecified atom stereocenters. The molecule has 0 aliphatic carbocycles. The molecule has 3 rings (SSSR count). The van der Waals surface area contributed by atoms with Crippen molar-refractivity contribution in [2.24, 2.45) is 0 Å². The van der Waals surface area contributed by atoms with Crippen molar-refractivity contribution in [1.29, 1.82) is 0 Å². The number of halogens is 4. The summed E-state index contributed by atoms with van der Waals surface area (Å²) >= 11 is 0. The van der Waals surface area contributed by atoms with Gasteiger partial charge in [0.15, 0.2) is 5.65 Å². The van der Waals surface area contributed by atoms with Crippen molar-refractivity contribution in [1.82, 2.24) is 19.9 Å². The van der Waals surface area contributed by atoms with Gasteiger partial charge < -0.3 is 15.5 Å². The van der Waals surface area contributed by atoms with Crippen molar-refractivity contribution in [2.45, 2.75) is 6.18 Å². The van der Waals surface area contributed by atoms with Crippen LogP contribution >= 0.6 is 0 Å². The molecule has 0 spiro atoms. The summed E-state index contributed by atoms with van der Waals surface area (Å²) in [5.41, 5.74) is -2.39. The predicted molar refractivity (Wildman–Crippen MR) is 85.0 cm³/mol. The van der Waals surface area contributed by atoms with Crippen LogP contribution in [0.1, 0.15) is 15.9 Å². The highest BCUT2D eigenvalue weighted by Gasteiger charge is 2.34. The van der Waals surface area contributed by atoms with Gasteiger partial charge in [0.05, 0.1) is 11.3 Å². The maximum absolute atomic E-state index is 13.5. The first-order chi connectivity index (χ1) is 13.1. The van der Waals surface area contributed by atoms with Gasteiger partial charge in [0, 0.05) is 11.6 Å². The van der Waals surface area contributed by atoms with Crippen molar-refractivity contribution in [3.05, 3.63) is 47.5 Å². The highest BCUT2D eigenvalue weighted by Crippen LogP contribution is 2.35. The Morgan fingerprint density at radius 3 is 2.57 bits per heavy atom. The number of carboxylic acid groups (broad SMARTS) is 1. The van der Waals surface area contributed by atoms with Crippen molar-refractivity contribution in [3.8, 4) is 17.0 Å². The Morgan fingerprint density at radius 1 is 1.21 bits per heavy atom. The van der Waals surface area contributed by atoms with E-state index < -0.39 is 47.3 Å². The number of aliphatic carboxylic acids is 1. The van der Waals surface area contributed by atoms with Crippen molar-refractivity contribution >= 4 is 17.5 Å². The lowest BCUT2D eigenvalue weighted by atomic mass is 10.0. The zero-order chi connectivity index (χ0) is 20.6. The molecular formula is C16H10F4N4O4. The van der Waals surface area contributed by atoms with Gasteiger partial charge in [-0.2, -0.15) is 18.3 Å². The average Bonchev–Trinajstić information content (AvgIpc) is 3.07. The van der Waals surface area contributed by atoms with E-state index in [0.717, 1.165) is 23.0 Å². The number of rotatable bonds is 4. The van der Waals surface area contributed by atoms with E-state index in [-0.39, 0.29) is 16.9 Å². The monoisotopic (exact) mass is 398 g/mol. The minimum atomic E-state index is -4.94. The average molecular weight is 398 g/mol. The lowest BCUT2D eigenvalue weighted by Crippen LogP contribution is -2.29. The number of alkyl halides is 3. The van der Waals surface area contributed by atoms with Crippen LogP contribution in [0.15, 0.2) is 30.6 Å². The maximum Gasteiger partial charge on any atom is 0.419 e. The summed E-state index contributed by atoms with van der Waals surface area (Å²) in [4.78, 5) is 26.5. The number of carbonyl (C=O) groups excluding carboxylic acids is 1. The topological polar surface area (TPSA) is 117 Å². The van der Waals surface area contributed by atoms with Crippen LogP contribution in [0.2, 0.25) is 0 Å². The lowest BCUT2D eigenvalue weighted by molar-refractivity contribution is -0.140. The fraction of sp³-hybridized carbons (Fsp3) is 0.125. The van der Waals surface area contributed by atoms with Crippen LogP contribution in [-0.2, 0) is 11.0 Å². The minimum absolute atomic E-state index is 0.0923. The molecule has 0 aliphatic rings. The number of carboxylic acids is 1. The molecule has 8 nitrogen and oxygen atoms in total. The second-order valence-electron chi connectivity index (χ2n) is 5.55. The standard InChI is InChI=1S/C16H10F4N4O4/c17-9-2-1-7(3-8(9)16(18,19)20)10-4-11(25)13(14-22-6-23-24(10)14)15(28)21-5-12(26)27/h1-4,6,25H,5H2,(H,21,28)(H,26,27). The second-order valence-corrected chi connectivity index (χ2v) is 5.55.